The summed E-state index contributed by atoms with van der Waals surface area (Å²) in [6, 6.07) is 0. The van der Waals surface area contributed by atoms with E-state index in [9.17, 15) is 5.11 Å². The van der Waals surface area contributed by atoms with Gasteiger partial charge in [0, 0.05) is 44.1 Å². The van der Waals surface area contributed by atoms with Crippen LogP contribution in [0.3, 0.4) is 0 Å². The molecule has 90 valence electrons. The highest BCUT2D eigenvalue weighted by Gasteiger charge is 2.42. The maximum atomic E-state index is 9.67. The molecule has 0 aromatic rings. The van der Waals surface area contributed by atoms with E-state index in [-0.39, 0.29) is 11.7 Å². The summed E-state index contributed by atoms with van der Waals surface area (Å²) in [7, 11) is 0. The molecule has 2 aliphatic heterocycles. The molecular formula is C10H18N4O2. The molecule has 2 saturated heterocycles. The van der Waals surface area contributed by atoms with Crippen molar-refractivity contribution < 1.29 is 9.84 Å². The number of likely N-dealkylation sites (tertiary alicyclic amines) is 1. The van der Waals surface area contributed by atoms with Crippen LogP contribution < -0.4 is 0 Å². The molecular weight excluding hydrogens is 208 g/mol. The maximum Gasteiger partial charge on any atom is 0.0845 e. The summed E-state index contributed by atoms with van der Waals surface area (Å²) >= 11 is 0. The Kier molecular flexibility index (Phi) is 3.66. The lowest BCUT2D eigenvalue weighted by Gasteiger charge is -2.36. The van der Waals surface area contributed by atoms with E-state index in [1.807, 2.05) is 0 Å². The quantitative estimate of drug-likeness (QED) is 0.441. The van der Waals surface area contributed by atoms with E-state index < -0.39 is 0 Å². The van der Waals surface area contributed by atoms with Crippen molar-refractivity contribution in [2.24, 2.45) is 5.11 Å². The Bertz CT molecular complexity index is 293. The van der Waals surface area contributed by atoms with Gasteiger partial charge in [0.05, 0.1) is 11.7 Å². The van der Waals surface area contributed by atoms with Gasteiger partial charge in [-0.1, -0.05) is 5.11 Å². The van der Waals surface area contributed by atoms with Crippen molar-refractivity contribution in [1.82, 2.24) is 4.90 Å². The van der Waals surface area contributed by atoms with Crippen LogP contribution in [0.5, 0.6) is 0 Å². The summed E-state index contributed by atoms with van der Waals surface area (Å²) < 4.78 is 5.83. The fourth-order valence-corrected chi connectivity index (χ4v) is 2.64. The summed E-state index contributed by atoms with van der Waals surface area (Å²) in [5, 5.41) is 13.2. The smallest absolute Gasteiger partial charge is 0.0845 e. The first kappa shape index (κ1) is 11.7. The van der Waals surface area contributed by atoms with E-state index in [2.05, 4.69) is 14.9 Å². The first-order valence-corrected chi connectivity index (χ1v) is 5.79. The van der Waals surface area contributed by atoms with Gasteiger partial charge < -0.3 is 14.7 Å². The van der Waals surface area contributed by atoms with E-state index in [4.69, 9.17) is 10.3 Å². The summed E-state index contributed by atoms with van der Waals surface area (Å²) in [5.41, 5.74) is 8.05. The second-order valence-corrected chi connectivity index (χ2v) is 4.66. The van der Waals surface area contributed by atoms with Crippen LogP contribution in [0, 0.1) is 0 Å². The standard InChI is InChI=1S/C10H18N4O2/c11-13-12-3-5-14-4-2-10(8-14)7-9(15)1-6-16-10/h9,15H,1-8H2/t9-,10-/m1/s1. The van der Waals surface area contributed by atoms with Crippen molar-refractivity contribution in [3.63, 3.8) is 0 Å². The van der Waals surface area contributed by atoms with Gasteiger partial charge in [0.2, 0.25) is 0 Å². The predicted molar refractivity (Wildman–Crippen MR) is 59.0 cm³/mol. The molecule has 1 spiro atoms. The topological polar surface area (TPSA) is 81.5 Å². The van der Waals surface area contributed by atoms with Gasteiger partial charge in [-0.25, -0.2) is 0 Å². The van der Waals surface area contributed by atoms with Gasteiger partial charge in [0.1, 0.15) is 0 Å². The molecule has 2 fully saturated rings. The Labute approximate surface area is 94.8 Å². The van der Waals surface area contributed by atoms with Crippen molar-refractivity contribution in [2.75, 3.05) is 32.8 Å². The Morgan fingerprint density at radius 2 is 2.50 bits per heavy atom. The fraction of sp³-hybridized carbons (Fsp3) is 1.00. The van der Waals surface area contributed by atoms with Crippen LogP contribution in [0.1, 0.15) is 19.3 Å². The second kappa shape index (κ2) is 5.01. The molecule has 2 rings (SSSR count). The molecule has 6 nitrogen and oxygen atoms in total. The number of azide groups is 1. The van der Waals surface area contributed by atoms with Gasteiger partial charge in [-0.3, -0.25) is 0 Å². The third kappa shape index (κ3) is 2.65. The average molecular weight is 226 g/mol. The molecule has 2 atom stereocenters. The number of rotatable bonds is 3. The van der Waals surface area contributed by atoms with Crippen molar-refractivity contribution in [3.8, 4) is 0 Å². The summed E-state index contributed by atoms with van der Waals surface area (Å²) in [6.07, 6.45) is 2.25. The number of hydrogen-bond acceptors (Lipinski definition) is 4. The third-order valence-electron chi connectivity index (χ3n) is 3.44. The molecule has 2 aliphatic rings. The molecule has 0 bridgehead atoms. The van der Waals surface area contributed by atoms with E-state index >= 15 is 0 Å². The zero-order valence-corrected chi connectivity index (χ0v) is 9.38. The zero-order chi connectivity index (χ0) is 11.4. The van der Waals surface area contributed by atoms with Crippen molar-refractivity contribution in [2.45, 2.75) is 31.0 Å². The minimum absolute atomic E-state index is 0.145. The van der Waals surface area contributed by atoms with E-state index in [0.29, 0.717) is 13.2 Å². The molecule has 0 amide bonds. The normalized spacial score (nSPS) is 35.2. The molecule has 0 aliphatic carbocycles. The molecule has 6 heteroatoms. The molecule has 0 aromatic heterocycles. The molecule has 0 radical (unpaired) electrons. The first-order chi connectivity index (χ1) is 7.74. The zero-order valence-electron chi connectivity index (χ0n) is 9.38. The van der Waals surface area contributed by atoms with Gasteiger partial charge >= 0.3 is 0 Å². The lowest BCUT2D eigenvalue weighted by atomic mass is 9.91. The van der Waals surface area contributed by atoms with Crippen molar-refractivity contribution >= 4 is 0 Å². The third-order valence-corrected chi connectivity index (χ3v) is 3.44. The van der Waals surface area contributed by atoms with Crippen molar-refractivity contribution in [1.29, 1.82) is 0 Å². The summed E-state index contributed by atoms with van der Waals surface area (Å²) in [4.78, 5) is 4.98. The Morgan fingerprint density at radius 3 is 3.25 bits per heavy atom. The summed E-state index contributed by atoms with van der Waals surface area (Å²) in [6.45, 7) is 3.77. The van der Waals surface area contributed by atoms with Crippen LogP contribution in [-0.2, 0) is 4.74 Å². The highest BCUT2D eigenvalue weighted by Crippen LogP contribution is 2.33. The van der Waals surface area contributed by atoms with Crippen LogP contribution in [0.25, 0.3) is 10.4 Å². The van der Waals surface area contributed by atoms with E-state index in [1.54, 1.807) is 0 Å². The monoisotopic (exact) mass is 226 g/mol. The average Bonchev–Trinajstić information content (AvgIpc) is 2.62. The minimum atomic E-state index is -0.217. The number of ether oxygens (including phenoxy) is 1. The minimum Gasteiger partial charge on any atom is -0.393 e. The Balaban J connectivity index is 1.83. The SMILES string of the molecule is [N-]=[N+]=NCCN1CC[C@@]2(C[C@H](O)CCO2)C1. The van der Waals surface area contributed by atoms with Gasteiger partial charge in [-0.2, -0.15) is 0 Å². The molecule has 1 N–H and O–H groups in total. The van der Waals surface area contributed by atoms with Crippen LogP contribution >= 0.6 is 0 Å². The Hall–Kier alpha value is -0.810. The van der Waals surface area contributed by atoms with Crippen molar-refractivity contribution in [3.05, 3.63) is 10.4 Å². The van der Waals surface area contributed by atoms with Crippen LogP contribution in [0.15, 0.2) is 5.11 Å². The predicted octanol–water partition coefficient (Wildman–Crippen LogP) is 0.912. The van der Waals surface area contributed by atoms with E-state index in [1.165, 1.54) is 0 Å². The molecule has 0 aromatic carbocycles. The largest absolute Gasteiger partial charge is 0.393 e. The number of nitrogens with zero attached hydrogens (tertiary/aromatic N) is 4. The number of aliphatic hydroxyl groups is 1. The Morgan fingerprint density at radius 1 is 1.62 bits per heavy atom. The second-order valence-electron chi connectivity index (χ2n) is 4.66. The maximum absolute atomic E-state index is 9.67. The molecule has 16 heavy (non-hydrogen) atoms. The molecule has 0 saturated carbocycles. The van der Waals surface area contributed by atoms with Gasteiger partial charge in [-0.05, 0) is 18.4 Å². The molecule has 2 heterocycles. The molecule has 0 unspecified atom stereocenters. The first-order valence-electron chi connectivity index (χ1n) is 5.79. The highest BCUT2D eigenvalue weighted by molar-refractivity contribution is 4.95. The van der Waals surface area contributed by atoms with E-state index in [0.717, 1.165) is 38.9 Å². The van der Waals surface area contributed by atoms with Gasteiger partial charge in [0.25, 0.3) is 0 Å². The van der Waals surface area contributed by atoms with Gasteiger partial charge in [-0.15, -0.1) is 0 Å². The lowest BCUT2D eigenvalue weighted by Crippen LogP contribution is -2.44. The van der Waals surface area contributed by atoms with Crippen LogP contribution in [-0.4, -0.2) is 54.5 Å². The van der Waals surface area contributed by atoms with Crippen LogP contribution in [0.4, 0.5) is 0 Å². The fourth-order valence-electron chi connectivity index (χ4n) is 2.64. The van der Waals surface area contributed by atoms with Crippen LogP contribution in [0.2, 0.25) is 0 Å². The highest BCUT2D eigenvalue weighted by atomic mass is 16.5. The number of aliphatic hydroxyl groups excluding tert-OH is 1. The summed E-state index contributed by atoms with van der Waals surface area (Å²) in [5.74, 6) is 0. The van der Waals surface area contributed by atoms with Gasteiger partial charge in [0.15, 0.2) is 0 Å². The lowest BCUT2D eigenvalue weighted by molar-refractivity contribution is -0.110. The number of hydrogen-bond donors (Lipinski definition) is 1.